The minimum atomic E-state index is -0.922. The van der Waals surface area contributed by atoms with Gasteiger partial charge in [0.2, 0.25) is 0 Å². The number of nitrogens with one attached hydrogen (secondary N) is 2. The van der Waals surface area contributed by atoms with Gasteiger partial charge in [-0.2, -0.15) is 0 Å². The molecule has 0 fully saturated rings. The standard InChI is InChI=1S/C9H8O2.C6H4N2O2/c10-9(11)7-6-8-4-2-1-3-5-8;9-5-4-3(1-2-7-4)8-6(5)10/h1-7H,(H,10,11);1-2,7H,(H,8,9,10). The van der Waals surface area contributed by atoms with Gasteiger partial charge >= 0.3 is 5.97 Å². The van der Waals surface area contributed by atoms with Gasteiger partial charge in [-0.25, -0.2) is 4.79 Å². The van der Waals surface area contributed by atoms with Crippen LogP contribution in [0, 0.1) is 0 Å². The van der Waals surface area contributed by atoms with Crippen molar-refractivity contribution in [1.29, 1.82) is 0 Å². The Morgan fingerprint density at radius 1 is 1.10 bits per heavy atom. The second-order valence-electron chi connectivity index (χ2n) is 4.13. The fraction of sp³-hybridized carbons (Fsp3) is 0. The number of carboxylic acids is 1. The Morgan fingerprint density at radius 2 is 1.81 bits per heavy atom. The first-order chi connectivity index (χ1) is 10.1. The molecule has 1 amide bonds. The maximum atomic E-state index is 10.8. The van der Waals surface area contributed by atoms with E-state index in [0.29, 0.717) is 11.4 Å². The zero-order chi connectivity index (χ0) is 15.2. The molecule has 0 spiro atoms. The van der Waals surface area contributed by atoms with Crippen LogP contribution in [0.2, 0.25) is 0 Å². The van der Waals surface area contributed by atoms with Crippen LogP contribution in [0.3, 0.4) is 0 Å². The van der Waals surface area contributed by atoms with Gasteiger partial charge in [-0.3, -0.25) is 9.59 Å². The molecule has 0 saturated heterocycles. The largest absolute Gasteiger partial charge is 0.478 e. The number of hydrogen-bond donors (Lipinski definition) is 3. The Balaban J connectivity index is 0.000000154. The SMILES string of the molecule is O=C(O)C=Cc1ccccc1.O=C1Nc2cc[nH]c2C1=O. The van der Waals surface area contributed by atoms with Crippen molar-refractivity contribution < 1.29 is 19.5 Å². The minimum absolute atomic E-state index is 0.366. The Morgan fingerprint density at radius 3 is 2.43 bits per heavy atom. The summed E-state index contributed by atoms with van der Waals surface area (Å²) in [6.07, 6.45) is 4.29. The number of H-pyrrole nitrogens is 1. The molecule has 1 aliphatic heterocycles. The van der Waals surface area contributed by atoms with Crippen molar-refractivity contribution in [2.45, 2.75) is 0 Å². The number of ketones is 1. The van der Waals surface area contributed by atoms with Crippen molar-refractivity contribution in [2.24, 2.45) is 0 Å². The van der Waals surface area contributed by atoms with E-state index < -0.39 is 17.7 Å². The third-order valence-corrected chi connectivity index (χ3v) is 2.65. The van der Waals surface area contributed by atoms with Gasteiger partial charge in [0.25, 0.3) is 11.7 Å². The Labute approximate surface area is 120 Å². The molecule has 6 heteroatoms. The molecule has 0 unspecified atom stereocenters. The van der Waals surface area contributed by atoms with Crippen LogP contribution in [-0.4, -0.2) is 27.8 Å². The van der Waals surface area contributed by atoms with Gasteiger partial charge in [0.1, 0.15) is 5.69 Å². The van der Waals surface area contributed by atoms with Crippen LogP contribution < -0.4 is 5.32 Å². The highest BCUT2D eigenvalue weighted by Gasteiger charge is 2.28. The number of aliphatic carboxylic acids is 1. The van der Waals surface area contributed by atoms with Gasteiger partial charge in [0.05, 0.1) is 5.69 Å². The van der Waals surface area contributed by atoms with E-state index in [1.165, 1.54) is 0 Å². The van der Waals surface area contributed by atoms with Crippen molar-refractivity contribution >= 4 is 29.4 Å². The van der Waals surface area contributed by atoms with E-state index >= 15 is 0 Å². The summed E-state index contributed by atoms with van der Waals surface area (Å²) in [6, 6.07) is 11.0. The highest BCUT2D eigenvalue weighted by molar-refractivity contribution is 6.51. The van der Waals surface area contributed by atoms with Crippen LogP contribution in [0.1, 0.15) is 16.1 Å². The minimum Gasteiger partial charge on any atom is -0.478 e. The van der Waals surface area contributed by atoms with Gasteiger partial charge in [-0.15, -0.1) is 0 Å². The number of rotatable bonds is 2. The molecule has 0 atom stereocenters. The van der Waals surface area contributed by atoms with E-state index in [0.717, 1.165) is 11.6 Å². The lowest BCUT2D eigenvalue weighted by molar-refractivity contribution is -0.131. The highest BCUT2D eigenvalue weighted by Crippen LogP contribution is 2.19. The van der Waals surface area contributed by atoms with Crippen LogP contribution in [0.25, 0.3) is 6.08 Å². The molecule has 0 radical (unpaired) electrons. The van der Waals surface area contributed by atoms with Crippen LogP contribution in [0.5, 0.6) is 0 Å². The smallest absolute Gasteiger partial charge is 0.328 e. The van der Waals surface area contributed by atoms with Crippen molar-refractivity contribution in [3.8, 4) is 0 Å². The zero-order valence-corrected chi connectivity index (χ0v) is 10.9. The van der Waals surface area contributed by atoms with Gasteiger partial charge in [0.15, 0.2) is 0 Å². The lowest BCUT2D eigenvalue weighted by Gasteiger charge is -1.87. The van der Waals surface area contributed by atoms with E-state index in [2.05, 4.69) is 10.3 Å². The number of carboxylic acid groups (broad SMARTS) is 1. The maximum Gasteiger partial charge on any atom is 0.328 e. The Kier molecular flexibility index (Phi) is 4.30. The molecule has 0 saturated carbocycles. The van der Waals surface area contributed by atoms with Crippen molar-refractivity contribution in [1.82, 2.24) is 4.98 Å². The molecule has 6 nitrogen and oxygen atoms in total. The van der Waals surface area contributed by atoms with Gasteiger partial charge in [-0.05, 0) is 17.7 Å². The lowest BCUT2D eigenvalue weighted by Crippen LogP contribution is -2.13. The number of carbonyl (C=O) groups is 3. The molecular weight excluding hydrogens is 272 g/mol. The zero-order valence-electron chi connectivity index (χ0n) is 10.9. The molecule has 2 heterocycles. The second kappa shape index (κ2) is 6.33. The molecule has 106 valence electrons. The number of benzene rings is 1. The number of carbonyl (C=O) groups excluding carboxylic acids is 2. The van der Waals surface area contributed by atoms with Crippen molar-refractivity contribution in [3.05, 3.63) is 59.9 Å². The van der Waals surface area contributed by atoms with Gasteiger partial charge < -0.3 is 15.4 Å². The summed E-state index contributed by atoms with van der Waals surface area (Å²) in [6.45, 7) is 0. The summed E-state index contributed by atoms with van der Waals surface area (Å²) < 4.78 is 0. The molecule has 3 rings (SSSR count). The van der Waals surface area contributed by atoms with Crippen LogP contribution in [-0.2, 0) is 9.59 Å². The Hall–Kier alpha value is -3.15. The molecule has 3 N–H and O–H groups in total. The van der Waals surface area contributed by atoms with E-state index in [1.54, 1.807) is 18.3 Å². The summed E-state index contributed by atoms with van der Waals surface area (Å²) in [5, 5.41) is 10.7. The quantitative estimate of drug-likeness (QED) is 0.579. The van der Waals surface area contributed by atoms with Gasteiger partial charge in [-0.1, -0.05) is 30.3 Å². The molecule has 0 aliphatic carbocycles. The molecule has 1 aliphatic rings. The first-order valence-corrected chi connectivity index (χ1v) is 6.07. The summed E-state index contributed by atoms with van der Waals surface area (Å²) in [4.78, 5) is 34.2. The van der Waals surface area contributed by atoms with E-state index in [9.17, 15) is 14.4 Å². The second-order valence-corrected chi connectivity index (χ2v) is 4.13. The number of anilines is 1. The summed E-state index contributed by atoms with van der Waals surface area (Å²) in [5.74, 6) is -1.96. The summed E-state index contributed by atoms with van der Waals surface area (Å²) in [5.41, 5.74) is 1.84. The monoisotopic (exact) mass is 284 g/mol. The lowest BCUT2D eigenvalue weighted by atomic mass is 10.2. The normalized spacial score (nSPS) is 12.6. The first kappa shape index (κ1) is 14.3. The molecule has 21 heavy (non-hydrogen) atoms. The number of aromatic nitrogens is 1. The van der Waals surface area contributed by atoms with E-state index in [4.69, 9.17) is 5.11 Å². The predicted octanol–water partition coefficient (Wildman–Crippen LogP) is 1.93. The van der Waals surface area contributed by atoms with Crippen LogP contribution in [0.4, 0.5) is 5.69 Å². The van der Waals surface area contributed by atoms with E-state index in [-0.39, 0.29) is 0 Å². The first-order valence-electron chi connectivity index (χ1n) is 6.07. The Bertz CT molecular complexity index is 701. The predicted molar refractivity (Wildman–Crippen MR) is 76.9 cm³/mol. The maximum absolute atomic E-state index is 10.8. The fourth-order valence-corrected chi connectivity index (χ4v) is 1.69. The average Bonchev–Trinajstić information content (AvgIpc) is 3.03. The number of fused-ring (bicyclic) bond motifs is 1. The molecular formula is C15H12N2O4. The number of aromatic amines is 1. The number of hydrogen-bond acceptors (Lipinski definition) is 3. The van der Waals surface area contributed by atoms with Crippen molar-refractivity contribution in [3.63, 3.8) is 0 Å². The van der Waals surface area contributed by atoms with Crippen molar-refractivity contribution in [2.75, 3.05) is 5.32 Å². The third-order valence-electron chi connectivity index (χ3n) is 2.65. The highest BCUT2D eigenvalue weighted by atomic mass is 16.4. The molecule has 2 aromatic rings. The molecule has 1 aromatic heterocycles. The van der Waals surface area contributed by atoms with E-state index in [1.807, 2.05) is 30.3 Å². The third kappa shape index (κ3) is 3.66. The molecule has 0 bridgehead atoms. The summed E-state index contributed by atoms with van der Waals surface area (Å²) >= 11 is 0. The molecule has 1 aromatic carbocycles. The van der Waals surface area contributed by atoms with Gasteiger partial charge in [0, 0.05) is 12.3 Å². The van der Waals surface area contributed by atoms with Crippen LogP contribution >= 0.6 is 0 Å². The van der Waals surface area contributed by atoms with Crippen LogP contribution in [0.15, 0.2) is 48.7 Å². The summed E-state index contributed by atoms with van der Waals surface area (Å²) in [7, 11) is 0. The topological polar surface area (TPSA) is 99.3 Å². The number of amides is 1. The number of Topliss-reactive ketones (excluding diaryl/α,β-unsaturated/α-hetero) is 1. The average molecular weight is 284 g/mol. The fourth-order valence-electron chi connectivity index (χ4n) is 1.69.